The van der Waals surface area contributed by atoms with Crippen LogP contribution in [0.4, 0.5) is 0 Å². The highest BCUT2D eigenvalue weighted by Crippen LogP contribution is 1.98. The maximum atomic E-state index is 5.77. The van der Waals surface area contributed by atoms with Gasteiger partial charge in [0, 0.05) is 6.20 Å². The van der Waals surface area contributed by atoms with Crippen LogP contribution in [-0.4, -0.2) is 10.1 Å². The van der Waals surface area contributed by atoms with Gasteiger partial charge in [0.15, 0.2) is 0 Å². The van der Waals surface area contributed by atoms with Gasteiger partial charge >= 0.3 is 0 Å². The summed E-state index contributed by atoms with van der Waals surface area (Å²) < 4.78 is 0. The van der Waals surface area contributed by atoms with Gasteiger partial charge in [0.2, 0.25) is 0 Å². The van der Waals surface area contributed by atoms with E-state index in [2.05, 4.69) is 17.2 Å². The molecule has 1 N–H and O–H groups in total. The van der Waals surface area contributed by atoms with Crippen LogP contribution < -0.4 is 0 Å². The van der Waals surface area contributed by atoms with Gasteiger partial charge in [0.1, 0.15) is 5.15 Å². The molecule has 1 aromatic heterocycles. The topological polar surface area (TPSA) is 36.7 Å². The van der Waals surface area contributed by atoms with Gasteiger partial charge in [-0.25, -0.2) is 10.4 Å². The summed E-state index contributed by atoms with van der Waals surface area (Å²) in [5, 5.41) is 7.90. The van der Waals surface area contributed by atoms with Gasteiger partial charge in [-0.3, -0.25) is 0 Å². The molecule has 0 aliphatic rings. The smallest absolute Gasteiger partial charge is 0.129 e. The lowest BCUT2D eigenvalue weighted by Crippen LogP contribution is -1.65. The first-order valence-corrected chi connectivity index (χ1v) is 3.20. The minimum absolute atomic E-state index is 0.544. The van der Waals surface area contributed by atoms with Crippen LogP contribution in [0, 0.1) is 5.41 Å². The largest absolute Gasteiger partial charge is 0.248 e. The van der Waals surface area contributed by atoms with Crippen LogP contribution in [0.15, 0.2) is 24.4 Å². The molecule has 0 saturated heterocycles. The third-order valence-corrected chi connectivity index (χ3v) is 0.852. The molecule has 1 aromatic rings. The van der Waals surface area contributed by atoms with Crippen LogP contribution in [-0.2, 0) is 0 Å². The first-order valence-electron chi connectivity index (χ1n) is 2.41. The molecular formula is C6H5ClN2S. The second-order valence-electron chi connectivity index (χ2n) is 1.25. The summed E-state index contributed by atoms with van der Waals surface area (Å²) in [6.07, 6.45) is 1.66. The van der Waals surface area contributed by atoms with E-state index < -0.39 is 0 Å². The van der Waals surface area contributed by atoms with E-state index in [1.807, 2.05) is 12.1 Å². The number of hydrogen-bond donors (Lipinski definition) is 1. The van der Waals surface area contributed by atoms with Crippen molar-refractivity contribution in [1.82, 2.24) is 4.98 Å². The summed E-state index contributed by atoms with van der Waals surface area (Å²) in [5.74, 6) is 0. The minimum atomic E-state index is 0.544. The third-order valence-electron chi connectivity index (χ3n) is 0.629. The van der Waals surface area contributed by atoms with Crippen molar-refractivity contribution in [2.75, 3.05) is 0 Å². The SMILES string of the molecule is Clc1ccccn1.N=C=S. The lowest BCUT2D eigenvalue weighted by Gasteiger charge is -1.79. The molecule has 0 spiro atoms. The molecule has 10 heavy (non-hydrogen) atoms. The number of nitrogens with one attached hydrogen (secondary N) is 1. The van der Waals surface area contributed by atoms with E-state index in [4.69, 9.17) is 17.0 Å². The van der Waals surface area contributed by atoms with E-state index in [0.717, 1.165) is 0 Å². The van der Waals surface area contributed by atoms with Crippen molar-refractivity contribution < 1.29 is 0 Å². The Morgan fingerprint density at radius 1 is 1.60 bits per heavy atom. The lowest BCUT2D eigenvalue weighted by molar-refractivity contribution is 1.33. The molecule has 0 radical (unpaired) electrons. The Bertz CT molecular complexity index is 206. The van der Waals surface area contributed by atoms with Crippen molar-refractivity contribution in [2.24, 2.45) is 0 Å². The average Bonchev–Trinajstić information content (AvgIpc) is 1.91. The zero-order valence-corrected chi connectivity index (χ0v) is 6.62. The second kappa shape index (κ2) is 6.36. The molecule has 0 saturated carbocycles. The third kappa shape index (κ3) is 5.38. The maximum absolute atomic E-state index is 5.77. The number of nitrogens with zero attached hydrogens (tertiary/aromatic N) is 1. The Morgan fingerprint density at radius 2 is 2.20 bits per heavy atom. The summed E-state index contributed by atoms with van der Waals surface area (Å²) in [4.78, 5) is 3.74. The number of thiocarbonyl (C=S) groups is 1. The quantitative estimate of drug-likeness (QED) is 0.371. The van der Waals surface area contributed by atoms with E-state index in [1.165, 1.54) is 0 Å². The van der Waals surface area contributed by atoms with Crippen LogP contribution >= 0.6 is 23.8 Å². The first-order chi connectivity index (χ1) is 4.81. The standard InChI is InChI=1S/C5H4ClN.CHNS/c6-5-3-1-2-4-7-5;2-1-3/h1-4H;2H. The van der Waals surface area contributed by atoms with Gasteiger partial charge in [-0.15, -0.1) is 0 Å². The Labute approximate surface area is 69.4 Å². The van der Waals surface area contributed by atoms with Crippen LogP contribution in [0.5, 0.6) is 0 Å². The maximum Gasteiger partial charge on any atom is 0.129 e. The molecular weight excluding hydrogens is 168 g/mol. The monoisotopic (exact) mass is 172 g/mol. The number of aromatic nitrogens is 1. The predicted molar refractivity (Wildman–Crippen MR) is 44.6 cm³/mol. The van der Waals surface area contributed by atoms with Crippen molar-refractivity contribution in [3.05, 3.63) is 29.5 Å². The van der Waals surface area contributed by atoms with Gasteiger partial charge in [-0.1, -0.05) is 17.7 Å². The fourth-order valence-electron chi connectivity index (χ4n) is 0.342. The van der Waals surface area contributed by atoms with Gasteiger partial charge in [-0.2, -0.15) is 0 Å². The Morgan fingerprint density at radius 3 is 2.40 bits per heavy atom. The number of rotatable bonds is 0. The van der Waals surface area contributed by atoms with Crippen molar-refractivity contribution in [2.45, 2.75) is 0 Å². The van der Waals surface area contributed by atoms with Crippen molar-refractivity contribution in [1.29, 1.82) is 5.41 Å². The highest BCUT2D eigenvalue weighted by Gasteiger charge is 1.76. The molecule has 0 aromatic carbocycles. The number of halogens is 1. The summed E-state index contributed by atoms with van der Waals surface area (Å²) in [5.41, 5.74) is 0. The molecule has 52 valence electrons. The Kier molecular flexibility index (Phi) is 5.88. The molecule has 0 atom stereocenters. The number of hydrogen-bond acceptors (Lipinski definition) is 3. The average molecular weight is 173 g/mol. The number of isothiocyanates is 1. The van der Waals surface area contributed by atoms with E-state index in [9.17, 15) is 0 Å². The highest BCUT2D eigenvalue weighted by atomic mass is 35.5. The van der Waals surface area contributed by atoms with Gasteiger partial charge in [-0.05, 0) is 24.4 Å². The van der Waals surface area contributed by atoms with E-state index in [1.54, 1.807) is 17.4 Å². The van der Waals surface area contributed by atoms with E-state index in [-0.39, 0.29) is 0 Å². The Balaban J connectivity index is 0.000000236. The van der Waals surface area contributed by atoms with Gasteiger partial charge in [0.05, 0.1) is 5.16 Å². The first kappa shape index (κ1) is 9.24. The molecule has 1 heterocycles. The minimum Gasteiger partial charge on any atom is -0.248 e. The zero-order valence-electron chi connectivity index (χ0n) is 5.04. The molecule has 0 aliphatic heterocycles. The van der Waals surface area contributed by atoms with Crippen LogP contribution in [0.2, 0.25) is 5.15 Å². The second-order valence-corrected chi connectivity index (χ2v) is 1.85. The Hall–Kier alpha value is -0.760. The zero-order chi connectivity index (χ0) is 7.82. The van der Waals surface area contributed by atoms with Crippen molar-refractivity contribution in [3.63, 3.8) is 0 Å². The number of pyridine rings is 1. The van der Waals surface area contributed by atoms with Crippen molar-refractivity contribution >= 4 is 29.0 Å². The molecule has 2 nitrogen and oxygen atoms in total. The van der Waals surface area contributed by atoms with E-state index >= 15 is 0 Å². The van der Waals surface area contributed by atoms with Crippen molar-refractivity contribution in [3.8, 4) is 0 Å². The highest BCUT2D eigenvalue weighted by molar-refractivity contribution is 7.78. The molecule has 0 amide bonds. The molecule has 0 aliphatic carbocycles. The molecule has 4 heteroatoms. The lowest BCUT2D eigenvalue weighted by atomic mass is 10.5. The van der Waals surface area contributed by atoms with Gasteiger partial charge < -0.3 is 0 Å². The summed E-state index contributed by atoms with van der Waals surface area (Å²) >= 11 is 9.24. The summed E-state index contributed by atoms with van der Waals surface area (Å²) in [6, 6.07) is 5.41. The molecule has 0 bridgehead atoms. The van der Waals surface area contributed by atoms with Crippen LogP contribution in [0.1, 0.15) is 0 Å². The molecule has 1 rings (SSSR count). The van der Waals surface area contributed by atoms with Crippen LogP contribution in [0.3, 0.4) is 0 Å². The van der Waals surface area contributed by atoms with Crippen LogP contribution in [0.25, 0.3) is 0 Å². The summed E-state index contributed by atoms with van der Waals surface area (Å²) in [6.45, 7) is 0. The summed E-state index contributed by atoms with van der Waals surface area (Å²) in [7, 11) is 0. The fraction of sp³-hybridized carbons (Fsp3) is 0. The predicted octanol–water partition coefficient (Wildman–Crippen LogP) is 2.40. The van der Waals surface area contributed by atoms with Gasteiger partial charge in [0.25, 0.3) is 0 Å². The molecule has 0 fully saturated rings. The fourth-order valence-corrected chi connectivity index (χ4v) is 0.471. The molecule has 0 unspecified atom stereocenters. The normalized spacial score (nSPS) is 6.90. The van der Waals surface area contributed by atoms with E-state index in [0.29, 0.717) is 5.15 Å².